The van der Waals surface area contributed by atoms with Crippen LogP contribution in [0.3, 0.4) is 0 Å². The van der Waals surface area contributed by atoms with Gasteiger partial charge in [0, 0.05) is 0 Å². The highest BCUT2D eigenvalue weighted by atomic mass is 16.7. The number of fused-ring (bicyclic) bond motifs is 1. The molecule has 1 fully saturated rings. The van der Waals surface area contributed by atoms with Crippen molar-refractivity contribution in [3.05, 3.63) is 41.0 Å². The number of hydrogen-bond acceptors (Lipinski definition) is 5. The number of rotatable bonds is 6. The molecule has 5 nitrogen and oxygen atoms in total. The lowest BCUT2D eigenvalue weighted by molar-refractivity contribution is -0.268. The molecular formula is C23H34O5. The van der Waals surface area contributed by atoms with Crippen LogP contribution >= 0.6 is 0 Å². The van der Waals surface area contributed by atoms with Crippen LogP contribution in [0, 0.1) is 0 Å². The molecule has 0 bridgehead atoms. The summed E-state index contributed by atoms with van der Waals surface area (Å²) in [7, 11) is 0. The first kappa shape index (κ1) is 21.3. The first-order valence-electron chi connectivity index (χ1n) is 10.5. The van der Waals surface area contributed by atoms with Crippen molar-refractivity contribution in [1.29, 1.82) is 0 Å². The summed E-state index contributed by atoms with van der Waals surface area (Å²) in [5, 5.41) is 30.2. The number of benzene rings is 1. The van der Waals surface area contributed by atoms with Crippen LogP contribution in [0.15, 0.2) is 29.8 Å². The van der Waals surface area contributed by atoms with E-state index in [0.717, 1.165) is 25.7 Å². The lowest BCUT2D eigenvalue weighted by Crippen LogP contribution is -2.58. The van der Waals surface area contributed by atoms with Gasteiger partial charge in [-0.1, -0.05) is 23.8 Å². The standard InChI is InChI=1S/C23H34O5/c1-14(2)8-4-5-9-16-10-6-12-18-17(16)11-7-13-19(18)28-23-22(26)21(25)20(24)15(3)27-23/h7-8,11,13,15-16,20-26H,4-6,9-10,12H2,1-3H3/t15-,16?,20+,21+,22-,23-/m1/s1. The van der Waals surface area contributed by atoms with Gasteiger partial charge in [0.1, 0.15) is 24.1 Å². The van der Waals surface area contributed by atoms with Gasteiger partial charge in [0.2, 0.25) is 6.29 Å². The van der Waals surface area contributed by atoms with E-state index in [1.807, 2.05) is 12.1 Å². The zero-order chi connectivity index (χ0) is 20.3. The van der Waals surface area contributed by atoms with Crippen LogP contribution in [0.5, 0.6) is 5.75 Å². The minimum Gasteiger partial charge on any atom is -0.462 e. The molecule has 3 rings (SSSR count). The average molecular weight is 391 g/mol. The molecule has 3 N–H and O–H groups in total. The Morgan fingerprint density at radius 1 is 1.18 bits per heavy atom. The van der Waals surface area contributed by atoms with E-state index in [1.54, 1.807) is 6.92 Å². The van der Waals surface area contributed by atoms with Gasteiger partial charge in [0.05, 0.1) is 6.10 Å². The fourth-order valence-electron chi connectivity index (χ4n) is 4.31. The van der Waals surface area contributed by atoms with Crippen LogP contribution in [-0.4, -0.2) is 46.0 Å². The Morgan fingerprint density at radius 2 is 1.96 bits per heavy atom. The van der Waals surface area contributed by atoms with Crippen molar-refractivity contribution >= 4 is 0 Å². The molecule has 2 aliphatic rings. The Labute approximate surface area is 168 Å². The third-order valence-electron chi connectivity index (χ3n) is 5.95. The van der Waals surface area contributed by atoms with E-state index in [1.165, 1.54) is 29.5 Å². The van der Waals surface area contributed by atoms with Crippen molar-refractivity contribution in [3.63, 3.8) is 0 Å². The maximum Gasteiger partial charge on any atom is 0.229 e. The van der Waals surface area contributed by atoms with Gasteiger partial charge >= 0.3 is 0 Å². The summed E-state index contributed by atoms with van der Waals surface area (Å²) >= 11 is 0. The molecule has 1 aliphatic carbocycles. The monoisotopic (exact) mass is 390 g/mol. The second kappa shape index (κ2) is 9.40. The molecule has 1 aliphatic heterocycles. The van der Waals surface area contributed by atoms with Crippen molar-refractivity contribution in [1.82, 2.24) is 0 Å². The lowest BCUT2D eigenvalue weighted by atomic mass is 9.80. The summed E-state index contributed by atoms with van der Waals surface area (Å²) in [4.78, 5) is 0. The Bertz CT molecular complexity index is 682. The first-order valence-corrected chi connectivity index (χ1v) is 10.5. The Hall–Kier alpha value is -1.40. The van der Waals surface area contributed by atoms with Gasteiger partial charge in [-0.05, 0) is 82.4 Å². The minimum atomic E-state index is -1.29. The Morgan fingerprint density at radius 3 is 2.71 bits per heavy atom. The van der Waals surface area contributed by atoms with E-state index in [4.69, 9.17) is 9.47 Å². The number of aliphatic hydroxyl groups excluding tert-OH is 3. The molecule has 1 heterocycles. The van der Waals surface area contributed by atoms with Crippen LogP contribution in [0.2, 0.25) is 0 Å². The van der Waals surface area contributed by atoms with Crippen molar-refractivity contribution in [2.24, 2.45) is 0 Å². The summed E-state index contributed by atoms with van der Waals surface area (Å²) in [6.45, 7) is 5.94. The third kappa shape index (κ3) is 4.77. The smallest absolute Gasteiger partial charge is 0.229 e. The second-order valence-electron chi connectivity index (χ2n) is 8.42. The summed E-state index contributed by atoms with van der Waals surface area (Å²) in [6, 6.07) is 6.08. The van der Waals surface area contributed by atoms with E-state index in [2.05, 4.69) is 26.0 Å². The predicted octanol–water partition coefficient (Wildman–Crippen LogP) is 3.45. The molecule has 0 radical (unpaired) electrons. The quantitative estimate of drug-likeness (QED) is 0.512. The minimum absolute atomic E-state index is 0.529. The van der Waals surface area contributed by atoms with E-state index in [9.17, 15) is 15.3 Å². The van der Waals surface area contributed by atoms with Gasteiger partial charge in [0.25, 0.3) is 0 Å². The van der Waals surface area contributed by atoms with Crippen molar-refractivity contribution in [2.45, 2.75) is 95.9 Å². The van der Waals surface area contributed by atoms with Crippen molar-refractivity contribution < 1.29 is 24.8 Å². The van der Waals surface area contributed by atoms with Crippen LogP contribution in [0.4, 0.5) is 0 Å². The summed E-state index contributed by atoms with van der Waals surface area (Å²) < 4.78 is 11.6. The molecule has 28 heavy (non-hydrogen) atoms. The number of aliphatic hydroxyl groups is 3. The van der Waals surface area contributed by atoms with Crippen LogP contribution in [-0.2, 0) is 11.2 Å². The molecule has 1 aromatic rings. The molecule has 0 aromatic heterocycles. The highest BCUT2D eigenvalue weighted by Crippen LogP contribution is 2.40. The highest BCUT2D eigenvalue weighted by molar-refractivity contribution is 5.43. The van der Waals surface area contributed by atoms with Gasteiger partial charge in [-0.2, -0.15) is 0 Å². The molecular weight excluding hydrogens is 356 g/mol. The van der Waals surface area contributed by atoms with E-state index >= 15 is 0 Å². The fraction of sp³-hybridized carbons (Fsp3) is 0.652. The van der Waals surface area contributed by atoms with E-state index < -0.39 is 30.7 Å². The normalized spacial score (nSPS) is 32.5. The largest absolute Gasteiger partial charge is 0.462 e. The van der Waals surface area contributed by atoms with E-state index in [-0.39, 0.29) is 0 Å². The maximum absolute atomic E-state index is 10.3. The molecule has 156 valence electrons. The summed E-state index contributed by atoms with van der Waals surface area (Å²) in [5.41, 5.74) is 3.89. The van der Waals surface area contributed by atoms with Crippen LogP contribution in [0.25, 0.3) is 0 Å². The summed E-state index contributed by atoms with van der Waals surface area (Å²) in [6.07, 6.45) is 3.71. The van der Waals surface area contributed by atoms with Crippen molar-refractivity contribution in [2.75, 3.05) is 0 Å². The maximum atomic E-state index is 10.3. The second-order valence-corrected chi connectivity index (χ2v) is 8.42. The molecule has 0 amide bonds. The van der Waals surface area contributed by atoms with Gasteiger partial charge < -0.3 is 24.8 Å². The van der Waals surface area contributed by atoms with Crippen LogP contribution in [0.1, 0.15) is 69.9 Å². The van der Waals surface area contributed by atoms with Gasteiger partial charge in [-0.25, -0.2) is 0 Å². The topological polar surface area (TPSA) is 79.2 Å². The van der Waals surface area contributed by atoms with Gasteiger partial charge in [-0.15, -0.1) is 0 Å². The number of allylic oxidation sites excluding steroid dienone is 2. The molecule has 0 saturated carbocycles. The Balaban J connectivity index is 1.72. The highest BCUT2D eigenvalue weighted by Gasteiger charge is 2.43. The molecule has 1 saturated heterocycles. The van der Waals surface area contributed by atoms with Gasteiger partial charge in [-0.3, -0.25) is 0 Å². The van der Waals surface area contributed by atoms with Gasteiger partial charge in [0.15, 0.2) is 0 Å². The molecule has 1 aromatic carbocycles. The molecule has 0 spiro atoms. The van der Waals surface area contributed by atoms with E-state index in [0.29, 0.717) is 11.7 Å². The Kier molecular flexibility index (Phi) is 7.15. The first-order chi connectivity index (χ1) is 13.4. The fourth-order valence-corrected chi connectivity index (χ4v) is 4.31. The molecule has 5 heteroatoms. The zero-order valence-electron chi connectivity index (χ0n) is 17.2. The SMILES string of the molecule is CC(C)=CCCCC1CCCc2c(O[C@H]3O[C@H](C)[C@H](O)[C@H](O)[C@H]3O)cccc21. The third-order valence-corrected chi connectivity index (χ3v) is 5.95. The molecule has 1 unspecified atom stereocenters. The zero-order valence-corrected chi connectivity index (χ0v) is 17.2. The van der Waals surface area contributed by atoms with Crippen LogP contribution < -0.4 is 4.74 Å². The average Bonchev–Trinajstić information content (AvgIpc) is 2.68. The van der Waals surface area contributed by atoms with Crippen molar-refractivity contribution in [3.8, 4) is 5.75 Å². The molecule has 6 atom stereocenters. The predicted molar refractivity (Wildman–Crippen MR) is 108 cm³/mol. The number of unbranched alkanes of at least 4 members (excludes halogenated alkanes) is 1. The number of ether oxygens (including phenoxy) is 2. The number of hydrogen-bond donors (Lipinski definition) is 3. The summed E-state index contributed by atoms with van der Waals surface area (Å²) in [5.74, 6) is 1.24. The lowest BCUT2D eigenvalue weighted by Gasteiger charge is -2.39.